The lowest BCUT2D eigenvalue weighted by Gasteiger charge is -2.09. The molecule has 0 saturated heterocycles. The van der Waals surface area contributed by atoms with E-state index in [1.807, 2.05) is 24.9 Å². The van der Waals surface area contributed by atoms with Crippen LogP contribution in [0.25, 0.3) is 0 Å². The van der Waals surface area contributed by atoms with E-state index in [0.29, 0.717) is 5.92 Å². The Morgan fingerprint density at radius 2 is 2.12 bits per heavy atom. The predicted molar refractivity (Wildman–Crippen MR) is 71.3 cm³/mol. The molecule has 3 nitrogen and oxygen atoms in total. The zero-order valence-electron chi connectivity index (χ0n) is 10.6. The van der Waals surface area contributed by atoms with Gasteiger partial charge in [0.1, 0.15) is 16.7 Å². The first-order chi connectivity index (χ1) is 7.67. The standard InChI is InChI=1S/C12H21N3S/c1-5-6-7-16-11-8-10(13-4)14-12(15-11)9(2)3/h8-9H,5-7H2,1-4H3,(H,13,14,15). The second-order valence-electron chi connectivity index (χ2n) is 4.06. The van der Waals surface area contributed by atoms with Gasteiger partial charge in [-0.2, -0.15) is 0 Å². The summed E-state index contributed by atoms with van der Waals surface area (Å²) >= 11 is 1.81. The molecule has 90 valence electrons. The van der Waals surface area contributed by atoms with Crippen LogP contribution in [0.3, 0.4) is 0 Å². The highest BCUT2D eigenvalue weighted by Gasteiger charge is 2.07. The van der Waals surface area contributed by atoms with Gasteiger partial charge in [0, 0.05) is 19.0 Å². The molecule has 4 heteroatoms. The van der Waals surface area contributed by atoms with E-state index in [-0.39, 0.29) is 0 Å². The van der Waals surface area contributed by atoms with Crippen molar-refractivity contribution in [2.45, 2.75) is 44.6 Å². The molecule has 0 amide bonds. The number of hydrogen-bond donors (Lipinski definition) is 1. The summed E-state index contributed by atoms with van der Waals surface area (Å²) in [6.07, 6.45) is 2.47. The van der Waals surface area contributed by atoms with Gasteiger partial charge in [-0.1, -0.05) is 27.2 Å². The zero-order chi connectivity index (χ0) is 12.0. The van der Waals surface area contributed by atoms with Crippen LogP contribution < -0.4 is 5.32 Å². The lowest BCUT2D eigenvalue weighted by Crippen LogP contribution is -2.03. The van der Waals surface area contributed by atoms with Gasteiger partial charge >= 0.3 is 0 Å². The molecule has 0 bridgehead atoms. The van der Waals surface area contributed by atoms with Crippen LogP contribution in [-0.4, -0.2) is 22.8 Å². The van der Waals surface area contributed by atoms with Gasteiger partial charge in [-0.05, 0) is 12.2 Å². The second-order valence-corrected chi connectivity index (χ2v) is 5.17. The van der Waals surface area contributed by atoms with E-state index in [0.717, 1.165) is 22.4 Å². The van der Waals surface area contributed by atoms with Crippen molar-refractivity contribution in [3.05, 3.63) is 11.9 Å². The van der Waals surface area contributed by atoms with Gasteiger partial charge < -0.3 is 5.32 Å². The zero-order valence-corrected chi connectivity index (χ0v) is 11.4. The Hall–Kier alpha value is -0.770. The molecular weight excluding hydrogens is 218 g/mol. The number of unbranched alkanes of at least 4 members (excludes halogenated alkanes) is 1. The summed E-state index contributed by atoms with van der Waals surface area (Å²) in [6.45, 7) is 6.45. The Morgan fingerprint density at radius 3 is 2.69 bits per heavy atom. The summed E-state index contributed by atoms with van der Waals surface area (Å²) in [7, 11) is 1.90. The van der Waals surface area contributed by atoms with Crippen LogP contribution in [-0.2, 0) is 0 Å². The molecule has 0 aliphatic heterocycles. The first-order valence-electron chi connectivity index (χ1n) is 5.87. The predicted octanol–water partition coefficient (Wildman–Crippen LogP) is 3.53. The van der Waals surface area contributed by atoms with Gasteiger partial charge in [0.15, 0.2) is 0 Å². The second kappa shape index (κ2) is 6.74. The summed E-state index contributed by atoms with van der Waals surface area (Å²) in [5.41, 5.74) is 0. The van der Waals surface area contributed by atoms with Crippen LogP contribution in [0.5, 0.6) is 0 Å². The highest BCUT2D eigenvalue weighted by Crippen LogP contribution is 2.22. The molecule has 1 N–H and O–H groups in total. The van der Waals surface area contributed by atoms with Gasteiger partial charge in [0.25, 0.3) is 0 Å². The van der Waals surface area contributed by atoms with Crippen molar-refractivity contribution in [3.63, 3.8) is 0 Å². The number of thioether (sulfide) groups is 1. The van der Waals surface area contributed by atoms with Crippen molar-refractivity contribution in [2.24, 2.45) is 0 Å². The summed E-state index contributed by atoms with van der Waals surface area (Å²) in [6, 6.07) is 2.02. The van der Waals surface area contributed by atoms with E-state index in [9.17, 15) is 0 Å². The molecule has 0 aromatic carbocycles. The maximum atomic E-state index is 4.56. The first-order valence-corrected chi connectivity index (χ1v) is 6.85. The molecular formula is C12H21N3S. The molecule has 0 atom stereocenters. The minimum atomic E-state index is 0.374. The van der Waals surface area contributed by atoms with Gasteiger partial charge in [-0.3, -0.25) is 0 Å². The van der Waals surface area contributed by atoms with Crippen LogP contribution in [0.1, 0.15) is 45.4 Å². The fraction of sp³-hybridized carbons (Fsp3) is 0.667. The SMILES string of the molecule is CCCCSc1cc(NC)nc(C(C)C)n1. The molecule has 1 heterocycles. The molecule has 1 rings (SSSR count). The van der Waals surface area contributed by atoms with Crippen molar-refractivity contribution >= 4 is 17.6 Å². The lowest BCUT2D eigenvalue weighted by molar-refractivity contribution is 0.755. The summed E-state index contributed by atoms with van der Waals surface area (Å²) < 4.78 is 0. The Kier molecular flexibility index (Phi) is 5.60. The maximum Gasteiger partial charge on any atom is 0.134 e. The van der Waals surface area contributed by atoms with E-state index in [4.69, 9.17) is 0 Å². The van der Waals surface area contributed by atoms with Crippen LogP contribution in [0.4, 0.5) is 5.82 Å². The Balaban J connectivity index is 2.78. The van der Waals surface area contributed by atoms with Crippen molar-refractivity contribution in [2.75, 3.05) is 18.1 Å². The van der Waals surface area contributed by atoms with Crippen molar-refractivity contribution in [3.8, 4) is 0 Å². The number of rotatable bonds is 6. The number of nitrogens with one attached hydrogen (secondary N) is 1. The third-order valence-electron chi connectivity index (χ3n) is 2.24. The van der Waals surface area contributed by atoms with Crippen molar-refractivity contribution < 1.29 is 0 Å². The summed E-state index contributed by atoms with van der Waals surface area (Å²) in [5.74, 6) is 3.34. The third-order valence-corrected chi connectivity index (χ3v) is 3.24. The van der Waals surface area contributed by atoms with E-state index in [1.165, 1.54) is 12.8 Å². The Morgan fingerprint density at radius 1 is 1.38 bits per heavy atom. The van der Waals surface area contributed by atoms with Crippen molar-refractivity contribution in [1.82, 2.24) is 9.97 Å². The monoisotopic (exact) mass is 239 g/mol. The molecule has 0 radical (unpaired) electrons. The van der Waals surface area contributed by atoms with Crippen LogP contribution in [0.15, 0.2) is 11.1 Å². The molecule has 16 heavy (non-hydrogen) atoms. The maximum absolute atomic E-state index is 4.56. The minimum absolute atomic E-state index is 0.374. The fourth-order valence-electron chi connectivity index (χ4n) is 1.22. The molecule has 0 spiro atoms. The highest BCUT2D eigenvalue weighted by atomic mass is 32.2. The first kappa shape index (κ1) is 13.3. The third kappa shape index (κ3) is 4.00. The molecule has 1 aromatic heterocycles. The molecule has 0 aliphatic rings. The highest BCUT2D eigenvalue weighted by molar-refractivity contribution is 7.99. The average molecular weight is 239 g/mol. The Labute approximate surface area is 102 Å². The van der Waals surface area contributed by atoms with Crippen LogP contribution in [0.2, 0.25) is 0 Å². The smallest absolute Gasteiger partial charge is 0.134 e. The van der Waals surface area contributed by atoms with Crippen LogP contribution in [0, 0.1) is 0 Å². The molecule has 1 aromatic rings. The number of nitrogens with zero attached hydrogens (tertiary/aromatic N) is 2. The largest absolute Gasteiger partial charge is 0.373 e. The topological polar surface area (TPSA) is 37.8 Å². The minimum Gasteiger partial charge on any atom is -0.373 e. The van der Waals surface area contributed by atoms with E-state index < -0.39 is 0 Å². The quantitative estimate of drug-likeness (QED) is 0.468. The fourth-order valence-corrected chi connectivity index (χ4v) is 2.22. The molecule has 0 fully saturated rings. The van der Waals surface area contributed by atoms with Crippen LogP contribution >= 0.6 is 11.8 Å². The summed E-state index contributed by atoms with van der Waals surface area (Å²) in [4.78, 5) is 9.01. The number of hydrogen-bond acceptors (Lipinski definition) is 4. The van der Waals surface area contributed by atoms with Gasteiger partial charge in [0.2, 0.25) is 0 Å². The molecule has 0 unspecified atom stereocenters. The van der Waals surface area contributed by atoms with Crippen molar-refractivity contribution in [1.29, 1.82) is 0 Å². The average Bonchev–Trinajstić information content (AvgIpc) is 2.29. The Bertz CT molecular complexity index is 326. The molecule has 0 saturated carbocycles. The number of anilines is 1. The molecule has 0 aliphatic carbocycles. The van der Waals surface area contributed by atoms with Gasteiger partial charge in [0.05, 0.1) is 0 Å². The van der Waals surface area contributed by atoms with E-state index in [2.05, 4.69) is 36.1 Å². The van der Waals surface area contributed by atoms with E-state index in [1.54, 1.807) is 0 Å². The lowest BCUT2D eigenvalue weighted by atomic mass is 10.2. The summed E-state index contributed by atoms with van der Waals surface area (Å²) in [5, 5.41) is 4.17. The van der Waals surface area contributed by atoms with Gasteiger partial charge in [-0.25, -0.2) is 9.97 Å². The number of aromatic nitrogens is 2. The van der Waals surface area contributed by atoms with Gasteiger partial charge in [-0.15, -0.1) is 11.8 Å². The normalized spacial score (nSPS) is 10.8. The van der Waals surface area contributed by atoms with E-state index >= 15 is 0 Å².